The van der Waals surface area contributed by atoms with Gasteiger partial charge in [0.1, 0.15) is 0 Å². The minimum Gasteiger partial charge on any atom is -0.481 e. The molecular weight excluding hydrogens is 190 g/mol. The fourth-order valence-electron chi connectivity index (χ4n) is 1.11. The van der Waals surface area contributed by atoms with Crippen molar-refractivity contribution in [3.05, 3.63) is 0 Å². The summed E-state index contributed by atoms with van der Waals surface area (Å²) in [5, 5.41) is 16.6. The zero-order chi connectivity index (χ0) is 12.3. The Morgan fingerprint density at radius 1 is 1.13 bits per heavy atom. The Balaban J connectivity index is 0. The van der Waals surface area contributed by atoms with Crippen molar-refractivity contribution in [2.75, 3.05) is 0 Å². The first kappa shape index (κ1) is 16.4. The Morgan fingerprint density at radius 2 is 1.53 bits per heavy atom. The number of carboxylic acid groups (broad SMARTS) is 1. The zero-order valence-electron chi connectivity index (χ0n) is 10.3. The van der Waals surface area contributed by atoms with Crippen molar-refractivity contribution < 1.29 is 9.90 Å². The van der Waals surface area contributed by atoms with Crippen LogP contribution in [0.2, 0.25) is 0 Å². The van der Waals surface area contributed by atoms with Gasteiger partial charge in [-0.1, -0.05) is 27.7 Å². The number of carbonyl (C=O) groups is 1. The largest absolute Gasteiger partial charge is 0.481 e. The normalized spacial score (nSPS) is 9.40. The summed E-state index contributed by atoms with van der Waals surface area (Å²) in [7, 11) is 0. The minimum atomic E-state index is -0.671. The van der Waals surface area contributed by atoms with Gasteiger partial charge in [-0.3, -0.25) is 4.79 Å². The highest BCUT2D eigenvalue weighted by atomic mass is 16.4. The highest BCUT2D eigenvalue weighted by molar-refractivity contribution is 5.69. The van der Waals surface area contributed by atoms with E-state index in [-0.39, 0.29) is 5.92 Å². The molecule has 0 aromatic heterocycles. The number of hydrogen-bond acceptors (Lipinski definition) is 2. The van der Waals surface area contributed by atoms with E-state index in [4.69, 9.17) is 10.4 Å². The molecule has 0 aromatic rings. The van der Waals surface area contributed by atoms with Crippen LogP contribution >= 0.6 is 0 Å². The molecule has 0 aliphatic carbocycles. The van der Waals surface area contributed by atoms with E-state index in [1.807, 2.05) is 27.7 Å². The van der Waals surface area contributed by atoms with E-state index < -0.39 is 5.97 Å². The highest BCUT2D eigenvalue weighted by Gasteiger charge is 2.10. The molecule has 0 fully saturated rings. The molecule has 0 bridgehead atoms. The summed E-state index contributed by atoms with van der Waals surface area (Å²) >= 11 is 0. The first-order valence-electron chi connectivity index (χ1n) is 5.69. The molecular formula is C12H23NO2. The van der Waals surface area contributed by atoms with Crippen LogP contribution in [-0.2, 0) is 4.79 Å². The second-order valence-corrected chi connectivity index (χ2v) is 3.49. The van der Waals surface area contributed by atoms with Gasteiger partial charge in [0.25, 0.3) is 0 Å². The molecule has 0 spiro atoms. The van der Waals surface area contributed by atoms with Gasteiger partial charge in [0.15, 0.2) is 0 Å². The third-order valence-electron chi connectivity index (χ3n) is 2.50. The van der Waals surface area contributed by atoms with E-state index in [2.05, 4.69) is 6.07 Å². The molecule has 88 valence electrons. The predicted molar refractivity (Wildman–Crippen MR) is 61.4 cm³/mol. The van der Waals surface area contributed by atoms with E-state index in [1.54, 1.807) is 0 Å². The number of hydrogen-bond donors (Lipinski definition) is 1. The van der Waals surface area contributed by atoms with Crippen molar-refractivity contribution in [1.29, 1.82) is 5.26 Å². The first-order chi connectivity index (χ1) is 7.06. The molecule has 0 aromatic carbocycles. The van der Waals surface area contributed by atoms with Gasteiger partial charge in [-0.15, -0.1) is 0 Å². The summed E-state index contributed by atoms with van der Waals surface area (Å²) in [5.41, 5.74) is 0. The topological polar surface area (TPSA) is 61.1 Å². The number of nitrogens with zero attached hydrogens (tertiary/aromatic N) is 1. The summed E-state index contributed by atoms with van der Waals surface area (Å²) < 4.78 is 0. The van der Waals surface area contributed by atoms with Crippen molar-refractivity contribution in [1.82, 2.24) is 0 Å². The fraction of sp³-hybridized carbons (Fsp3) is 0.833. The van der Waals surface area contributed by atoms with Gasteiger partial charge < -0.3 is 5.11 Å². The maximum absolute atomic E-state index is 10.2. The van der Waals surface area contributed by atoms with Crippen LogP contribution in [0.4, 0.5) is 0 Å². The lowest BCUT2D eigenvalue weighted by molar-refractivity contribution is -0.141. The van der Waals surface area contributed by atoms with Gasteiger partial charge >= 0.3 is 5.97 Å². The van der Waals surface area contributed by atoms with Crippen LogP contribution < -0.4 is 0 Å². The molecule has 0 radical (unpaired) electrons. The molecule has 0 saturated carbocycles. The number of carboxylic acids is 1. The Hall–Kier alpha value is -1.04. The summed E-state index contributed by atoms with van der Waals surface area (Å²) in [6, 6.07) is 2.20. The Labute approximate surface area is 93.1 Å². The van der Waals surface area contributed by atoms with E-state index in [9.17, 15) is 4.79 Å². The second-order valence-electron chi connectivity index (χ2n) is 3.49. The van der Waals surface area contributed by atoms with Crippen LogP contribution in [0.15, 0.2) is 0 Å². The van der Waals surface area contributed by atoms with Gasteiger partial charge in [-0.25, -0.2) is 0 Å². The predicted octanol–water partition coefficient (Wildman–Crippen LogP) is 3.45. The van der Waals surface area contributed by atoms with Gasteiger partial charge in [0.05, 0.1) is 12.0 Å². The summed E-state index contributed by atoms with van der Waals surface area (Å²) in [6.45, 7) is 7.86. The van der Waals surface area contributed by atoms with Crippen molar-refractivity contribution >= 4 is 5.97 Å². The van der Waals surface area contributed by atoms with E-state index in [0.29, 0.717) is 5.92 Å². The zero-order valence-corrected chi connectivity index (χ0v) is 10.3. The fourth-order valence-corrected chi connectivity index (χ4v) is 1.11. The van der Waals surface area contributed by atoms with Crippen molar-refractivity contribution in [2.45, 2.75) is 53.4 Å². The van der Waals surface area contributed by atoms with Crippen LogP contribution in [0.3, 0.4) is 0 Å². The van der Waals surface area contributed by atoms with E-state index in [0.717, 1.165) is 25.7 Å². The SMILES string of the molecule is CCC(C#N)CC.CCC(CC)C(=O)O. The molecule has 15 heavy (non-hydrogen) atoms. The average Bonchev–Trinajstić information content (AvgIpc) is 2.22. The first-order valence-corrected chi connectivity index (χ1v) is 5.69. The quantitative estimate of drug-likeness (QED) is 0.760. The average molecular weight is 213 g/mol. The van der Waals surface area contributed by atoms with Gasteiger partial charge in [-0.2, -0.15) is 5.26 Å². The maximum atomic E-state index is 10.2. The van der Waals surface area contributed by atoms with Gasteiger partial charge in [0.2, 0.25) is 0 Å². The van der Waals surface area contributed by atoms with Gasteiger partial charge in [-0.05, 0) is 25.7 Å². The lowest BCUT2D eigenvalue weighted by atomic mass is 10.1. The Kier molecular flexibility index (Phi) is 12.1. The molecule has 0 amide bonds. The second kappa shape index (κ2) is 11.0. The molecule has 0 aliphatic heterocycles. The van der Waals surface area contributed by atoms with Crippen LogP contribution in [0.5, 0.6) is 0 Å². The van der Waals surface area contributed by atoms with Crippen LogP contribution in [0, 0.1) is 23.2 Å². The standard InChI is InChI=1S/C6H11N.C6H12O2/c1-3-6(4-2)5-7;1-3-5(4-2)6(7)8/h6H,3-4H2,1-2H3;5H,3-4H2,1-2H3,(H,7,8). The third kappa shape index (κ3) is 9.27. The highest BCUT2D eigenvalue weighted by Crippen LogP contribution is 2.05. The van der Waals surface area contributed by atoms with E-state index in [1.165, 1.54) is 0 Å². The maximum Gasteiger partial charge on any atom is 0.306 e. The summed E-state index contributed by atoms with van der Waals surface area (Å²) in [4.78, 5) is 10.2. The van der Waals surface area contributed by atoms with Crippen molar-refractivity contribution in [3.63, 3.8) is 0 Å². The lowest BCUT2D eigenvalue weighted by Crippen LogP contribution is -2.10. The third-order valence-corrected chi connectivity index (χ3v) is 2.50. The van der Waals surface area contributed by atoms with Crippen LogP contribution in [0.25, 0.3) is 0 Å². The molecule has 0 atom stereocenters. The minimum absolute atomic E-state index is 0.130. The molecule has 1 N–H and O–H groups in total. The molecule has 0 unspecified atom stereocenters. The van der Waals surface area contributed by atoms with Crippen molar-refractivity contribution in [2.24, 2.45) is 11.8 Å². The molecule has 0 aliphatic rings. The number of aliphatic carboxylic acids is 1. The molecule has 3 heteroatoms. The van der Waals surface area contributed by atoms with Gasteiger partial charge in [0, 0.05) is 5.92 Å². The lowest BCUT2D eigenvalue weighted by Gasteiger charge is -2.02. The Morgan fingerprint density at radius 3 is 1.53 bits per heavy atom. The molecule has 3 nitrogen and oxygen atoms in total. The number of rotatable bonds is 5. The molecule has 0 heterocycles. The van der Waals surface area contributed by atoms with Crippen LogP contribution in [0.1, 0.15) is 53.4 Å². The summed E-state index contributed by atoms with van der Waals surface area (Å²) in [6.07, 6.45) is 3.47. The van der Waals surface area contributed by atoms with Crippen molar-refractivity contribution in [3.8, 4) is 6.07 Å². The summed E-state index contributed by atoms with van der Waals surface area (Å²) in [5.74, 6) is -0.509. The Bertz CT molecular complexity index is 188. The smallest absolute Gasteiger partial charge is 0.306 e. The molecule has 0 saturated heterocycles. The monoisotopic (exact) mass is 213 g/mol. The number of nitriles is 1. The van der Waals surface area contributed by atoms with E-state index >= 15 is 0 Å². The van der Waals surface area contributed by atoms with Crippen LogP contribution in [-0.4, -0.2) is 11.1 Å². The molecule has 0 rings (SSSR count).